The highest BCUT2D eigenvalue weighted by Crippen LogP contribution is 2.32. The van der Waals surface area contributed by atoms with Crippen molar-refractivity contribution in [1.82, 2.24) is 5.32 Å². The average molecular weight is 637 g/mol. The van der Waals surface area contributed by atoms with Crippen LogP contribution in [0.4, 0.5) is 11.4 Å². The van der Waals surface area contributed by atoms with Crippen molar-refractivity contribution in [3.8, 4) is 11.5 Å². The van der Waals surface area contributed by atoms with Crippen molar-refractivity contribution >= 4 is 70.1 Å². The van der Waals surface area contributed by atoms with Gasteiger partial charge in [-0.2, -0.15) is 0 Å². The molecule has 4 aromatic carbocycles. The molecule has 0 aliphatic heterocycles. The number of hydrogen-bond acceptors (Lipinski definition) is 6. The van der Waals surface area contributed by atoms with Crippen LogP contribution in [-0.2, 0) is 9.59 Å². The van der Waals surface area contributed by atoms with Gasteiger partial charge in [-0.25, -0.2) is 0 Å². The van der Waals surface area contributed by atoms with Crippen LogP contribution in [0.2, 0.25) is 10.0 Å². The molecule has 0 spiro atoms. The van der Waals surface area contributed by atoms with E-state index in [-0.39, 0.29) is 17.4 Å². The molecule has 4 rings (SSSR count). The van der Waals surface area contributed by atoms with Gasteiger partial charge in [-0.05, 0) is 60.7 Å². The first-order valence-corrected chi connectivity index (χ1v) is 14.6. The molecule has 220 valence electrons. The van der Waals surface area contributed by atoms with Crippen LogP contribution in [0, 0.1) is 0 Å². The highest BCUT2D eigenvalue weighted by molar-refractivity contribution is 8.00. The fraction of sp³-hybridized carbons (Fsp3) is 0.0938. The topological polar surface area (TPSA) is 106 Å². The Bertz CT molecular complexity index is 1660. The maximum atomic E-state index is 13.5. The minimum absolute atomic E-state index is 0.0144. The smallest absolute Gasteiger partial charge is 0.272 e. The first-order chi connectivity index (χ1) is 20.8. The quantitative estimate of drug-likeness (QED) is 0.119. The number of carbonyl (C=O) groups is 3. The number of para-hydroxylation sites is 1. The molecule has 0 aromatic heterocycles. The Morgan fingerprint density at radius 3 is 2.26 bits per heavy atom. The van der Waals surface area contributed by atoms with Gasteiger partial charge in [-0.1, -0.05) is 59.6 Å². The number of benzene rings is 4. The minimum Gasteiger partial charge on any atom is -0.493 e. The van der Waals surface area contributed by atoms with Crippen LogP contribution in [0.25, 0.3) is 6.08 Å². The third kappa shape index (κ3) is 8.78. The number of nitrogens with one attached hydrogen (secondary N) is 3. The molecular weight excluding hydrogens is 609 g/mol. The molecule has 0 saturated heterocycles. The molecule has 0 atom stereocenters. The molecule has 0 heterocycles. The third-order valence-electron chi connectivity index (χ3n) is 5.93. The van der Waals surface area contributed by atoms with E-state index in [1.54, 1.807) is 84.9 Å². The fourth-order valence-corrected chi connectivity index (χ4v) is 4.96. The van der Waals surface area contributed by atoms with E-state index in [9.17, 15) is 14.4 Å². The Morgan fingerprint density at radius 1 is 0.791 bits per heavy atom. The van der Waals surface area contributed by atoms with Gasteiger partial charge in [0, 0.05) is 27.4 Å². The van der Waals surface area contributed by atoms with Crippen LogP contribution in [-0.4, -0.2) is 37.7 Å². The molecule has 8 nitrogen and oxygen atoms in total. The van der Waals surface area contributed by atoms with Gasteiger partial charge in [0.1, 0.15) is 5.70 Å². The molecular formula is C32H27Cl2N3O5S. The number of ether oxygens (including phenoxy) is 2. The molecule has 0 bridgehead atoms. The molecule has 3 N–H and O–H groups in total. The highest BCUT2D eigenvalue weighted by Gasteiger charge is 2.18. The van der Waals surface area contributed by atoms with Gasteiger partial charge in [-0.15, -0.1) is 11.8 Å². The van der Waals surface area contributed by atoms with Crippen LogP contribution in [0.1, 0.15) is 15.9 Å². The van der Waals surface area contributed by atoms with Crippen molar-refractivity contribution in [2.24, 2.45) is 0 Å². The Hall–Kier alpha value is -4.44. The number of carbonyl (C=O) groups excluding carboxylic acids is 3. The van der Waals surface area contributed by atoms with Crippen LogP contribution in [0.15, 0.2) is 102 Å². The van der Waals surface area contributed by atoms with Crippen molar-refractivity contribution in [1.29, 1.82) is 0 Å². The zero-order chi connectivity index (χ0) is 30.8. The van der Waals surface area contributed by atoms with Gasteiger partial charge in [0.25, 0.3) is 11.8 Å². The van der Waals surface area contributed by atoms with Crippen molar-refractivity contribution in [2.75, 3.05) is 30.6 Å². The standard InChI is InChI=1S/C32H27Cl2N3O5S/c1-41-28-13-6-10-21(30(28)42-2)16-27(37-31(39)20-8-4-3-5-9-20)32(40)36-22-11-7-12-24(17-22)43-19-29(38)35-23-14-15-25(33)26(34)18-23/h3-18H,19H2,1-2H3,(H,35,38)(H,36,40)(H,37,39)/b27-16+. The zero-order valence-corrected chi connectivity index (χ0v) is 25.5. The van der Waals surface area contributed by atoms with E-state index in [0.29, 0.717) is 44.0 Å². The van der Waals surface area contributed by atoms with Crippen LogP contribution >= 0.6 is 35.0 Å². The lowest BCUT2D eigenvalue weighted by molar-refractivity contribution is -0.114. The Balaban J connectivity index is 1.51. The van der Waals surface area contributed by atoms with Gasteiger partial charge in [0.05, 0.1) is 30.0 Å². The van der Waals surface area contributed by atoms with Gasteiger partial charge in [0.2, 0.25) is 5.91 Å². The fourth-order valence-electron chi connectivity index (χ4n) is 3.91. The average Bonchev–Trinajstić information content (AvgIpc) is 3.01. The molecule has 11 heteroatoms. The zero-order valence-electron chi connectivity index (χ0n) is 23.2. The van der Waals surface area contributed by atoms with E-state index in [1.807, 2.05) is 6.07 Å². The highest BCUT2D eigenvalue weighted by atomic mass is 35.5. The number of methoxy groups -OCH3 is 2. The first-order valence-electron chi connectivity index (χ1n) is 12.9. The van der Waals surface area contributed by atoms with Crippen molar-refractivity contribution in [3.05, 3.63) is 118 Å². The van der Waals surface area contributed by atoms with E-state index in [2.05, 4.69) is 16.0 Å². The number of amides is 3. The molecule has 4 aromatic rings. The summed E-state index contributed by atoms with van der Waals surface area (Å²) in [5, 5.41) is 9.06. The maximum Gasteiger partial charge on any atom is 0.272 e. The molecule has 0 aliphatic carbocycles. The Kier molecular flexibility index (Phi) is 11.1. The number of hydrogen-bond donors (Lipinski definition) is 3. The summed E-state index contributed by atoms with van der Waals surface area (Å²) in [6.45, 7) is 0. The van der Waals surface area contributed by atoms with Crippen LogP contribution < -0.4 is 25.4 Å². The summed E-state index contributed by atoms with van der Waals surface area (Å²) < 4.78 is 10.9. The number of rotatable bonds is 11. The third-order valence-corrected chi connectivity index (χ3v) is 7.66. The SMILES string of the molecule is COc1cccc(/C=C(/NC(=O)c2ccccc2)C(=O)Nc2cccc(SCC(=O)Nc3ccc(Cl)c(Cl)c3)c2)c1OC. The second kappa shape index (κ2) is 15.2. The molecule has 0 aliphatic rings. The second-order valence-corrected chi connectivity index (χ2v) is 10.8. The largest absolute Gasteiger partial charge is 0.493 e. The van der Waals surface area contributed by atoms with E-state index in [4.69, 9.17) is 32.7 Å². The predicted octanol–water partition coefficient (Wildman–Crippen LogP) is 7.15. The lowest BCUT2D eigenvalue weighted by Crippen LogP contribution is -2.30. The molecule has 3 amide bonds. The van der Waals surface area contributed by atoms with Gasteiger partial charge >= 0.3 is 0 Å². The first kappa shape index (κ1) is 31.5. The van der Waals surface area contributed by atoms with Gasteiger partial charge < -0.3 is 25.4 Å². The Labute approximate surface area is 263 Å². The van der Waals surface area contributed by atoms with Gasteiger partial charge in [-0.3, -0.25) is 14.4 Å². The van der Waals surface area contributed by atoms with Crippen LogP contribution in [0.3, 0.4) is 0 Å². The molecule has 43 heavy (non-hydrogen) atoms. The number of thioether (sulfide) groups is 1. The van der Waals surface area contributed by atoms with Crippen molar-refractivity contribution in [2.45, 2.75) is 4.90 Å². The summed E-state index contributed by atoms with van der Waals surface area (Å²) >= 11 is 13.2. The lowest BCUT2D eigenvalue weighted by atomic mass is 10.1. The van der Waals surface area contributed by atoms with Crippen LogP contribution in [0.5, 0.6) is 11.5 Å². The molecule has 0 unspecified atom stereocenters. The van der Waals surface area contributed by atoms with E-state index < -0.39 is 11.8 Å². The molecule has 0 fully saturated rings. The normalized spacial score (nSPS) is 10.9. The second-order valence-electron chi connectivity index (χ2n) is 8.91. The molecule has 0 radical (unpaired) electrons. The number of halogens is 2. The van der Waals surface area contributed by atoms with E-state index in [0.717, 1.165) is 4.90 Å². The van der Waals surface area contributed by atoms with Crippen molar-refractivity contribution < 1.29 is 23.9 Å². The lowest BCUT2D eigenvalue weighted by Gasteiger charge is -2.14. The minimum atomic E-state index is -0.561. The van der Waals surface area contributed by atoms with Gasteiger partial charge in [0.15, 0.2) is 11.5 Å². The number of anilines is 2. The Morgan fingerprint density at radius 2 is 1.53 bits per heavy atom. The predicted molar refractivity (Wildman–Crippen MR) is 172 cm³/mol. The van der Waals surface area contributed by atoms with Crippen molar-refractivity contribution in [3.63, 3.8) is 0 Å². The summed E-state index contributed by atoms with van der Waals surface area (Å²) in [5.74, 6) is -0.264. The summed E-state index contributed by atoms with van der Waals surface area (Å²) in [6, 6.07) is 25.6. The summed E-state index contributed by atoms with van der Waals surface area (Å²) in [7, 11) is 3.00. The summed E-state index contributed by atoms with van der Waals surface area (Å²) in [4.78, 5) is 39.7. The van der Waals surface area contributed by atoms with E-state index in [1.165, 1.54) is 32.1 Å². The summed E-state index contributed by atoms with van der Waals surface area (Å²) in [6.07, 6.45) is 1.52. The monoisotopic (exact) mass is 635 g/mol. The van der Waals surface area contributed by atoms with E-state index >= 15 is 0 Å². The summed E-state index contributed by atoms with van der Waals surface area (Å²) in [5.41, 5.74) is 1.90. The molecule has 0 saturated carbocycles. The maximum absolute atomic E-state index is 13.5.